The number of unbranched alkanes of at least 4 members (excludes halogenated alkanes) is 1. The van der Waals surface area contributed by atoms with Crippen LogP contribution in [0.1, 0.15) is 24.0 Å². The van der Waals surface area contributed by atoms with E-state index >= 15 is 0 Å². The van der Waals surface area contributed by atoms with Crippen LogP contribution in [0.3, 0.4) is 0 Å². The molecule has 0 saturated carbocycles. The maximum atomic E-state index is 5.55. The molecule has 0 aliphatic carbocycles. The van der Waals surface area contributed by atoms with Crippen molar-refractivity contribution in [1.29, 1.82) is 0 Å². The molecule has 0 nitrogen and oxygen atoms in total. The monoisotopic (exact) mass is 652 g/mol. The Kier molecular flexibility index (Phi) is 23.7. The minimum atomic E-state index is -2.30. The summed E-state index contributed by atoms with van der Waals surface area (Å²) in [6.45, 7) is 10.9. The van der Waals surface area contributed by atoms with Crippen LogP contribution in [0.5, 0.6) is 0 Å². The Labute approximate surface area is 244 Å². The second-order valence-electron chi connectivity index (χ2n) is 6.90. The number of fused-ring (bicyclic) bond motifs is 2. The Morgan fingerprint density at radius 3 is 1.45 bits per heavy atom. The van der Waals surface area contributed by atoms with Crippen LogP contribution >= 0.6 is 58.1 Å². The summed E-state index contributed by atoms with van der Waals surface area (Å²) >= 11 is 18.0. The van der Waals surface area contributed by atoms with Crippen molar-refractivity contribution in [2.45, 2.75) is 32.7 Å². The molecule has 0 bridgehead atoms. The van der Waals surface area contributed by atoms with E-state index in [1.165, 1.54) is 56.0 Å². The zero-order valence-corrected chi connectivity index (χ0v) is 27.6. The summed E-state index contributed by atoms with van der Waals surface area (Å²) in [6, 6.07) is 24.1. The standard InChI is InChI=1S/2C10H9.C4H8Cl3Si.CH3.2ClH.Si.Zr/c2*1-8-6-9-4-2-3-5-10(9)7-8;1-2-3-4-8(5,6)7;;;;;/h2*2-7H,1H3;1-4H2;1H3;2*1H;;/q4*-1;;;;. The van der Waals surface area contributed by atoms with Crippen LogP contribution in [0, 0.1) is 28.2 Å². The third-order valence-corrected chi connectivity index (χ3v) is 6.86. The van der Waals surface area contributed by atoms with Gasteiger partial charge >= 0.3 is 36.2 Å². The normalized spacial score (nSPS) is 9.36. The number of benzene rings is 2. The fourth-order valence-corrected chi connectivity index (χ4v) is 4.79. The van der Waals surface area contributed by atoms with Crippen LogP contribution in [-0.4, -0.2) is 12.9 Å². The Balaban J connectivity index is -0.000000381. The van der Waals surface area contributed by atoms with Crippen molar-refractivity contribution >= 4 is 92.5 Å². The van der Waals surface area contributed by atoms with Gasteiger partial charge in [0.05, 0.1) is 0 Å². The molecule has 0 aliphatic heterocycles. The summed E-state index contributed by atoms with van der Waals surface area (Å²) in [5.74, 6) is 0. The molecule has 8 heteroatoms. The van der Waals surface area contributed by atoms with Crippen LogP contribution in [0.4, 0.5) is 0 Å². The molecule has 0 unspecified atom stereocenters. The molecule has 33 heavy (non-hydrogen) atoms. The van der Waals surface area contributed by atoms with Gasteiger partial charge in [-0.3, -0.25) is 0 Å². The van der Waals surface area contributed by atoms with Gasteiger partial charge in [-0.05, 0) is 6.04 Å². The molecule has 0 aliphatic rings. The van der Waals surface area contributed by atoms with Crippen molar-refractivity contribution in [2.24, 2.45) is 0 Å². The molecule has 0 spiro atoms. The molecule has 0 heterocycles. The summed E-state index contributed by atoms with van der Waals surface area (Å²) in [4.78, 5) is 0. The quantitative estimate of drug-likeness (QED) is 0.117. The summed E-state index contributed by atoms with van der Waals surface area (Å²) in [7, 11) is 0. The molecule has 2 radical (unpaired) electrons. The van der Waals surface area contributed by atoms with E-state index in [0.29, 0.717) is 0 Å². The molecular weight excluding hydrogens is 625 g/mol. The van der Waals surface area contributed by atoms with Crippen molar-refractivity contribution in [3.63, 3.8) is 0 Å². The van der Waals surface area contributed by atoms with Gasteiger partial charge in [-0.2, -0.15) is 18.6 Å². The second kappa shape index (κ2) is 20.6. The molecule has 0 aromatic heterocycles. The zero-order chi connectivity index (χ0) is 22.6. The van der Waals surface area contributed by atoms with Gasteiger partial charge in [0.25, 0.3) is 0 Å². The third-order valence-electron chi connectivity index (χ3n) is 4.23. The molecule has 4 aromatic rings. The van der Waals surface area contributed by atoms with Crippen molar-refractivity contribution in [2.75, 3.05) is 0 Å². The van der Waals surface area contributed by atoms with E-state index in [9.17, 15) is 0 Å². The predicted octanol–water partition coefficient (Wildman–Crippen LogP) is 9.90. The average Bonchev–Trinajstić information content (AvgIpc) is 3.28. The van der Waals surface area contributed by atoms with Gasteiger partial charge in [-0.1, -0.05) is 32.4 Å². The summed E-state index contributed by atoms with van der Waals surface area (Å²) in [5, 5.41) is 5.39. The predicted molar refractivity (Wildman–Crippen MR) is 158 cm³/mol. The van der Waals surface area contributed by atoms with E-state index in [1.54, 1.807) is 0 Å². The molecule has 4 aromatic carbocycles. The van der Waals surface area contributed by atoms with E-state index in [-0.39, 0.29) is 32.2 Å². The molecule has 0 fully saturated rings. The molecular formula is C25H31Cl5Si2Zr-4. The third kappa shape index (κ3) is 15.9. The van der Waals surface area contributed by atoms with Crippen molar-refractivity contribution < 1.29 is 23.3 Å². The zero-order valence-electron chi connectivity index (χ0n) is 19.2. The average molecular weight is 656 g/mol. The fourth-order valence-electron chi connectivity index (χ4n) is 2.94. The summed E-state index contributed by atoms with van der Waals surface area (Å²) in [5.41, 5.74) is 2.70. The van der Waals surface area contributed by atoms with Gasteiger partial charge in [0.1, 0.15) is 0 Å². The van der Waals surface area contributed by atoms with Crippen LogP contribution in [0.2, 0.25) is 6.04 Å². The van der Waals surface area contributed by atoms with E-state index in [1.807, 2.05) is 0 Å². The van der Waals surface area contributed by atoms with Gasteiger partial charge in [-0.25, -0.2) is 0 Å². The number of rotatable bonds is 3. The van der Waals surface area contributed by atoms with Crippen molar-refractivity contribution in [1.82, 2.24) is 0 Å². The van der Waals surface area contributed by atoms with Gasteiger partial charge in [0.2, 0.25) is 0 Å². The topological polar surface area (TPSA) is 0 Å². The number of aryl methyl sites for hydroxylation is 2. The van der Waals surface area contributed by atoms with Crippen LogP contribution in [0.25, 0.3) is 21.5 Å². The van der Waals surface area contributed by atoms with E-state index < -0.39 is 6.00 Å². The van der Waals surface area contributed by atoms with Crippen molar-refractivity contribution in [3.05, 3.63) is 98.3 Å². The van der Waals surface area contributed by atoms with Crippen LogP contribution in [0.15, 0.2) is 72.8 Å². The van der Waals surface area contributed by atoms with Crippen molar-refractivity contribution in [3.8, 4) is 0 Å². The first-order valence-electron chi connectivity index (χ1n) is 9.63. The molecule has 4 rings (SSSR count). The summed E-state index contributed by atoms with van der Waals surface area (Å²) in [6.07, 6.45) is 1.80. The van der Waals surface area contributed by atoms with Gasteiger partial charge in [-0.15, -0.1) is 139 Å². The molecule has 0 amide bonds. The van der Waals surface area contributed by atoms with Crippen LogP contribution in [-0.2, 0) is 23.3 Å². The number of hydrogen-bond donors (Lipinski definition) is 0. The fraction of sp³-hybridized carbons (Fsp3) is 0.200. The first-order valence-corrected chi connectivity index (χ1v) is 19.1. The minimum absolute atomic E-state index is 0. The SMILES string of the molecule is Cc1cc2ccccc2[cH-]1.Cc1cc2ccccc2[cH-]1.Cl.Cl.[CH2-]CCC[Si](Cl)(Cl)Cl.[CH3-].[Si]=[Zr]. The van der Waals surface area contributed by atoms with E-state index in [4.69, 9.17) is 33.2 Å². The van der Waals surface area contributed by atoms with Gasteiger partial charge in [0.15, 0.2) is 0 Å². The van der Waals surface area contributed by atoms with E-state index in [2.05, 4.69) is 100 Å². The Morgan fingerprint density at radius 2 is 1.18 bits per heavy atom. The van der Waals surface area contributed by atoms with Gasteiger partial charge < -0.3 is 14.4 Å². The molecule has 0 N–H and O–H groups in total. The Morgan fingerprint density at radius 1 is 0.818 bits per heavy atom. The van der Waals surface area contributed by atoms with Gasteiger partial charge in [0, 0.05) is 0 Å². The van der Waals surface area contributed by atoms with E-state index in [0.717, 1.165) is 18.9 Å². The number of hydrogen-bond acceptors (Lipinski definition) is 0. The molecule has 0 atom stereocenters. The first kappa shape index (κ1) is 38.0. The second-order valence-corrected chi connectivity index (χ2v) is 16.2. The molecule has 0 saturated heterocycles. The maximum absolute atomic E-state index is 5.55. The molecule has 182 valence electrons. The summed E-state index contributed by atoms with van der Waals surface area (Å²) < 4.78 is 0. The van der Waals surface area contributed by atoms with Crippen LogP contribution < -0.4 is 0 Å². The number of halogens is 5. The first-order chi connectivity index (χ1) is 14.3. The Bertz CT molecular complexity index is 871. The Hall–Kier alpha value is 0.427.